The van der Waals surface area contributed by atoms with Gasteiger partial charge in [0.05, 0.1) is 6.04 Å². The number of benzene rings is 1. The zero-order valence-electron chi connectivity index (χ0n) is 12.1. The number of hydrogen-bond donors (Lipinski definition) is 3. The second-order valence-corrected chi connectivity index (χ2v) is 4.66. The SMILES string of the molecule is CC(N)C(=O)N(C)NC(=O)NC(=O)CCc1ccccc1. The van der Waals surface area contributed by atoms with Gasteiger partial charge in [0.15, 0.2) is 0 Å². The van der Waals surface area contributed by atoms with Crippen LogP contribution in [0.15, 0.2) is 30.3 Å². The minimum atomic E-state index is -0.760. The predicted molar refractivity (Wildman–Crippen MR) is 77.9 cm³/mol. The lowest BCUT2D eigenvalue weighted by Crippen LogP contribution is -2.53. The average Bonchev–Trinajstić information content (AvgIpc) is 2.45. The summed E-state index contributed by atoms with van der Waals surface area (Å²) in [6, 6.07) is 7.98. The molecule has 4 N–H and O–H groups in total. The molecule has 0 aliphatic rings. The van der Waals surface area contributed by atoms with Crippen LogP contribution in [0.5, 0.6) is 0 Å². The van der Waals surface area contributed by atoms with Crippen molar-refractivity contribution in [1.82, 2.24) is 15.8 Å². The molecule has 1 atom stereocenters. The molecule has 0 saturated carbocycles. The van der Waals surface area contributed by atoms with Gasteiger partial charge in [-0.15, -0.1) is 0 Å². The molecule has 114 valence electrons. The molecule has 0 aliphatic carbocycles. The highest BCUT2D eigenvalue weighted by molar-refractivity contribution is 5.95. The Morgan fingerprint density at radius 1 is 1.24 bits per heavy atom. The summed E-state index contributed by atoms with van der Waals surface area (Å²) >= 11 is 0. The average molecular weight is 292 g/mol. The van der Waals surface area contributed by atoms with E-state index in [0.29, 0.717) is 6.42 Å². The van der Waals surface area contributed by atoms with E-state index >= 15 is 0 Å². The Morgan fingerprint density at radius 3 is 2.43 bits per heavy atom. The number of likely N-dealkylation sites (N-methyl/N-ethyl adjacent to an activating group) is 1. The number of nitrogens with zero attached hydrogens (tertiary/aromatic N) is 1. The van der Waals surface area contributed by atoms with Gasteiger partial charge in [-0.3, -0.25) is 19.9 Å². The Hall–Kier alpha value is -2.41. The van der Waals surface area contributed by atoms with Gasteiger partial charge in [-0.1, -0.05) is 30.3 Å². The molecule has 0 aliphatic heterocycles. The van der Waals surface area contributed by atoms with Crippen molar-refractivity contribution in [2.24, 2.45) is 5.73 Å². The third-order valence-electron chi connectivity index (χ3n) is 2.73. The first kappa shape index (κ1) is 16.6. The van der Waals surface area contributed by atoms with Gasteiger partial charge in [0, 0.05) is 13.5 Å². The van der Waals surface area contributed by atoms with Crippen LogP contribution in [-0.4, -0.2) is 35.9 Å². The molecule has 7 nitrogen and oxygen atoms in total. The minimum Gasteiger partial charge on any atom is -0.320 e. The fourth-order valence-corrected chi connectivity index (χ4v) is 1.63. The molecular weight excluding hydrogens is 272 g/mol. The van der Waals surface area contributed by atoms with E-state index in [1.165, 1.54) is 14.0 Å². The molecule has 0 fully saturated rings. The maximum Gasteiger partial charge on any atom is 0.340 e. The van der Waals surface area contributed by atoms with Crippen LogP contribution < -0.4 is 16.5 Å². The molecule has 7 heteroatoms. The van der Waals surface area contributed by atoms with Gasteiger partial charge in [-0.25, -0.2) is 10.2 Å². The van der Waals surface area contributed by atoms with Gasteiger partial charge in [0.2, 0.25) is 5.91 Å². The lowest BCUT2D eigenvalue weighted by atomic mass is 10.1. The number of urea groups is 1. The highest BCUT2D eigenvalue weighted by atomic mass is 16.2. The molecule has 1 unspecified atom stereocenters. The summed E-state index contributed by atoms with van der Waals surface area (Å²) in [5.74, 6) is -0.875. The predicted octanol–water partition coefficient (Wildman–Crippen LogP) is 0.166. The van der Waals surface area contributed by atoms with Crippen LogP contribution >= 0.6 is 0 Å². The summed E-state index contributed by atoms with van der Waals surface area (Å²) in [5, 5.41) is 3.10. The van der Waals surface area contributed by atoms with Crippen LogP contribution in [-0.2, 0) is 16.0 Å². The van der Waals surface area contributed by atoms with Crippen LogP contribution in [0.3, 0.4) is 0 Å². The van der Waals surface area contributed by atoms with Crippen LogP contribution in [0.4, 0.5) is 4.79 Å². The van der Waals surface area contributed by atoms with E-state index < -0.39 is 23.9 Å². The van der Waals surface area contributed by atoms with Crippen molar-refractivity contribution in [3.63, 3.8) is 0 Å². The summed E-state index contributed by atoms with van der Waals surface area (Å²) in [7, 11) is 1.36. The monoisotopic (exact) mass is 292 g/mol. The van der Waals surface area contributed by atoms with Gasteiger partial charge < -0.3 is 5.73 Å². The smallest absolute Gasteiger partial charge is 0.320 e. The fraction of sp³-hybridized carbons (Fsp3) is 0.357. The minimum absolute atomic E-state index is 0.183. The lowest BCUT2D eigenvalue weighted by molar-refractivity contribution is -0.133. The van der Waals surface area contributed by atoms with Crippen molar-refractivity contribution >= 4 is 17.8 Å². The molecule has 0 saturated heterocycles. The highest BCUT2D eigenvalue weighted by Gasteiger charge is 2.16. The van der Waals surface area contributed by atoms with Crippen molar-refractivity contribution in [1.29, 1.82) is 0 Å². The zero-order chi connectivity index (χ0) is 15.8. The maximum atomic E-state index is 11.6. The normalized spacial score (nSPS) is 11.4. The first-order chi connectivity index (χ1) is 9.90. The maximum absolute atomic E-state index is 11.6. The Kier molecular flexibility index (Phi) is 6.35. The van der Waals surface area contributed by atoms with Gasteiger partial charge in [-0.05, 0) is 18.9 Å². The topological polar surface area (TPSA) is 105 Å². The Morgan fingerprint density at radius 2 is 1.86 bits per heavy atom. The van der Waals surface area contributed by atoms with Crippen LogP contribution in [0.2, 0.25) is 0 Å². The zero-order valence-corrected chi connectivity index (χ0v) is 12.1. The summed E-state index contributed by atoms with van der Waals surface area (Å²) in [5.41, 5.74) is 8.63. The van der Waals surface area contributed by atoms with Gasteiger partial charge in [-0.2, -0.15) is 0 Å². The Bertz CT molecular complexity index is 502. The van der Waals surface area contributed by atoms with Gasteiger partial charge >= 0.3 is 6.03 Å². The number of rotatable bonds is 4. The number of amides is 4. The number of nitrogens with two attached hydrogens (primary N) is 1. The third-order valence-corrected chi connectivity index (χ3v) is 2.73. The second kappa shape index (κ2) is 8.01. The van der Waals surface area contributed by atoms with Crippen LogP contribution in [0.1, 0.15) is 18.9 Å². The molecule has 0 heterocycles. The van der Waals surface area contributed by atoms with Crippen molar-refractivity contribution in [3.8, 4) is 0 Å². The van der Waals surface area contributed by atoms with Gasteiger partial charge in [0.1, 0.15) is 0 Å². The molecule has 1 aromatic carbocycles. The molecule has 0 bridgehead atoms. The number of nitrogens with one attached hydrogen (secondary N) is 2. The largest absolute Gasteiger partial charge is 0.340 e. The number of hydrazine groups is 1. The summed E-state index contributed by atoms with van der Waals surface area (Å²) in [4.78, 5) is 34.6. The van der Waals surface area contributed by atoms with Crippen molar-refractivity contribution in [2.45, 2.75) is 25.8 Å². The molecular formula is C14H20N4O3. The molecule has 21 heavy (non-hydrogen) atoms. The lowest BCUT2D eigenvalue weighted by Gasteiger charge is -2.19. The summed E-state index contributed by atoms with van der Waals surface area (Å²) in [6.07, 6.45) is 0.719. The van der Waals surface area contributed by atoms with Crippen LogP contribution in [0, 0.1) is 0 Å². The van der Waals surface area contributed by atoms with E-state index in [9.17, 15) is 14.4 Å². The molecule has 1 rings (SSSR count). The molecule has 0 spiro atoms. The fourth-order valence-electron chi connectivity index (χ4n) is 1.63. The van der Waals surface area contributed by atoms with E-state index in [-0.39, 0.29) is 6.42 Å². The first-order valence-corrected chi connectivity index (χ1v) is 6.57. The quantitative estimate of drug-likeness (QED) is 0.688. The second-order valence-electron chi connectivity index (χ2n) is 4.66. The first-order valence-electron chi connectivity index (χ1n) is 6.57. The summed E-state index contributed by atoms with van der Waals surface area (Å²) in [6.45, 7) is 1.50. The summed E-state index contributed by atoms with van der Waals surface area (Å²) < 4.78 is 0. The third kappa shape index (κ3) is 6.05. The molecule has 4 amide bonds. The van der Waals surface area contributed by atoms with Crippen LogP contribution in [0.25, 0.3) is 0 Å². The van der Waals surface area contributed by atoms with E-state index in [1.807, 2.05) is 30.3 Å². The van der Waals surface area contributed by atoms with Crippen molar-refractivity contribution in [3.05, 3.63) is 35.9 Å². The van der Waals surface area contributed by atoms with E-state index in [4.69, 9.17) is 5.73 Å². The number of hydrogen-bond acceptors (Lipinski definition) is 4. The molecule has 0 radical (unpaired) electrons. The number of carbonyl (C=O) groups is 3. The van der Waals surface area contributed by atoms with Crippen molar-refractivity contribution < 1.29 is 14.4 Å². The van der Waals surface area contributed by atoms with E-state index in [0.717, 1.165) is 10.6 Å². The Labute approximate surface area is 123 Å². The van der Waals surface area contributed by atoms with E-state index in [2.05, 4.69) is 10.7 Å². The number of carbonyl (C=O) groups excluding carboxylic acids is 3. The number of imide groups is 1. The van der Waals surface area contributed by atoms with Crippen molar-refractivity contribution in [2.75, 3.05) is 7.05 Å². The van der Waals surface area contributed by atoms with Gasteiger partial charge in [0.25, 0.3) is 5.91 Å². The molecule has 1 aromatic rings. The van der Waals surface area contributed by atoms with E-state index in [1.54, 1.807) is 0 Å². The number of aryl methyl sites for hydroxylation is 1. The Balaban J connectivity index is 2.34. The standard InChI is InChI=1S/C14H20N4O3/c1-10(15)13(20)18(2)17-14(21)16-12(19)9-8-11-6-4-3-5-7-11/h3-7,10H,8-9,15H2,1-2H3,(H2,16,17,19,21). The molecule has 0 aromatic heterocycles. The highest BCUT2D eigenvalue weighted by Crippen LogP contribution is 2.01.